The lowest BCUT2D eigenvalue weighted by Gasteiger charge is -2.36. The molecule has 0 aromatic carbocycles. The zero-order valence-electron chi connectivity index (χ0n) is 6.26. The second-order valence-corrected chi connectivity index (χ2v) is 3.64. The van der Waals surface area contributed by atoms with Crippen molar-refractivity contribution < 1.29 is 9.90 Å². The van der Waals surface area contributed by atoms with Crippen LogP contribution in [0, 0.1) is 5.41 Å². The van der Waals surface area contributed by atoms with Gasteiger partial charge in [0.05, 0.1) is 0 Å². The third-order valence-electron chi connectivity index (χ3n) is 2.74. The van der Waals surface area contributed by atoms with Crippen molar-refractivity contribution in [2.24, 2.45) is 5.41 Å². The summed E-state index contributed by atoms with van der Waals surface area (Å²) in [4.78, 5) is 10.2. The van der Waals surface area contributed by atoms with E-state index in [2.05, 4.69) is 10.6 Å². The van der Waals surface area contributed by atoms with Crippen molar-refractivity contribution in [3.05, 3.63) is 0 Å². The Balaban J connectivity index is 1.82. The molecule has 0 atom stereocenters. The van der Waals surface area contributed by atoms with Crippen LogP contribution in [0.25, 0.3) is 0 Å². The standard InChI is InChI=1S/C7H12N2O2/c10-6(11)9-4-7-1-5(2-7)8-3-7/h5,8-9H,1-4H2,(H,10,11). The fraction of sp³-hybridized carbons (Fsp3) is 0.857. The van der Waals surface area contributed by atoms with Gasteiger partial charge in [0.1, 0.15) is 0 Å². The highest BCUT2D eigenvalue weighted by atomic mass is 16.4. The fourth-order valence-corrected chi connectivity index (χ4v) is 2.11. The van der Waals surface area contributed by atoms with Crippen LogP contribution < -0.4 is 10.6 Å². The predicted molar refractivity (Wildman–Crippen MR) is 39.5 cm³/mol. The number of hydrogen-bond donors (Lipinski definition) is 3. The smallest absolute Gasteiger partial charge is 0.404 e. The minimum Gasteiger partial charge on any atom is -0.465 e. The van der Waals surface area contributed by atoms with Crippen LogP contribution in [0.5, 0.6) is 0 Å². The number of carboxylic acid groups (broad SMARTS) is 1. The number of carbonyl (C=O) groups is 1. The Morgan fingerprint density at radius 3 is 2.91 bits per heavy atom. The van der Waals surface area contributed by atoms with E-state index in [1.165, 1.54) is 0 Å². The molecule has 1 amide bonds. The molecular weight excluding hydrogens is 144 g/mol. The van der Waals surface area contributed by atoms with E-state index in [-0.39, 0.29) is 5.41 Å². The summed E-state index contributed by atoms with van der Waals surface area (Å²) in [6.07, 6.45) is 1.38. The minimum atomic E-state index is -0.908. The molecule has 4 nitrogen and oxygen atoms in total. The third-order valence-corrected chi connectivity index (χ3v) is 2.74. The second-order valence-electron chi connectivity index (χ2n) is 3.64. The molecule has 2 aliphatic heterocycles. The third kappa shape index (κ3) is 1.07. The lowest BCUT2D eigenvalue weighted by atomic mass is 9.70. The SMILES string of the molecule is O=C(O)NCC12CNC(C1)C2. The lowest BCUT2D eigenvalue weighted by molar-refractivity contribution is 0.164. The highest BCUT2D eigenvalue weighted by Gasteiger charge is 2.50. The van der Waals surface area contributed by atoms with Crippen LogP contribution in [0.2, 0.25) is 0 Å². The first kappa shape index (κ1) is 6.91. The fourth-order valence-electron chi connectivity index (χ4n) is 2.11. The van der Waals surface area contributed by atoms with E-state index in [1.807, 2.05) is 0 Å². The van der Waals surface area contributed by atoms with Crippen molar-refractivity contribution in [2.75, 3.05) is 13.1 Å². The van der Waals surface area contributed by atoms with Crippen LogP contribution in [0.15, 0.2) is 0 Å². The molecular formula is C7H12N2O2. The first-order chi connectivity index (χ1) is 5.20. The average molecular weight is 156 g/mol. The molecule has 3 aliphatic rings. The first-order valence-electron chi connectivity index (χ1n) is 3.90. The highest BCUT2D eigenvalue weighted by Crippen LogP contribution is 2.45. The van der Waals surface area contributed by atoms with E-state index >= 15 is 0 Å². The molecule has 0 spiro atoms. The zero-order chi connectivity index (χ0) is 7.90. The van der Waals surface area contributed by atoms with Gasteiger partial charge in [0.15, 0.2) is 0 Å². The van der Waals surface area contributed by atoms with Crippen LogP contribution in [-0.2, 0) is 0 Å². The second kappa shape index (κ2) is 2.11. The molecule has 1 aliphatic carbocycles. The van der Waals surface area contributed by atoms with E-state index in [4.69, 9.17) is 5.11 Å². The Hall–Kier alpha value is -0.770. The van der Waals surface area contributed by atoms with E-state index in [0.29, 0.717) is 12.6 Å². The maximum atomic E-state index is 10.2. The molecule has 2 heterocycles. The van der Waals surface area contributed by atoms with Gasteiger partial charge in [-0.2, -0.15) is 0 Å². The largest absolute Gasteiger partial charge is 0.465 e. The summed E-state index contributed by atoms with van der Waals surface area (Å²) in [7, 11) is 0. The normalized spacial score (nSPS) is 39.8. The Labute approximate surface area is 65.0 Å². The summed E-state index contributed by atoms with van der Waals surface area (Å²) in [5.41, 5.74) is 0.267. The van der Waals surface area contributed by atoms with Crippen molar-refractivity contribution in [1.82, 2.24) is 10.6 Å². The molecule has 0 aromatic heterocycles. The van der Waals surface area contributed by atoms with Gasteiger partial charge in [-0.1, -0.05) is 0 Å². The van der Waals surface area contributed by atoms with Gasteiger partial charge in [0.2, 0.25) is 0 Å². The van der Waals surface area contributed by atoms with E-state index in [9.17, 15) is 4.79 Å². The van der Waals surface area contributed by atoms with E-state index < -0.39 is 6.09 Å². The lowest BCUT2D eigenvalue weighted by Crippen LogP contribution is -2.43. The Bertz CT molecular complexity index is 181. The Morgan fingerprint density at radius 2 is 2.45 bits per heavy atom. The molecule has 0 aromatic rings. The summed E-state index contributed by atoms with van der Waals surface area (Å²) >= 11 is 0. The van der Waals surface area contributed by atoms with Gasteiger partial charge in [-0.25, -0.2) is 4.79 Å². The van der Waals surface area contributed by atoms with Crippen LogP contribution in [0.4, 0.5) is 4.79 Å². The number of nitrogens with one attached hydrogen (secondary N) is 2. The maximum absolute atomic E-state index is 10.2. The Kier molecular flexibility index (Phi) is 1.32. The monoisotopic (exact) mass is 156 g/mol. The molecule has 3 N–H and O–H groups in total. The molecule has 4 heteroatoms. The molecule has 3 rings (SSSR count). The van der Waals surface area contributed by atoms with Crippen LogP contribution in [0.3, 0.4) is 0 Å². The number of amides is 1. The van der Waals surface area contributed by atoms with Gasteiger partial charge in [-0.3, -0.25) is 0 Å². The zero-order valence-corrected chi connectivity index (χ0v) is 6.26. The van der Waals surface area contributed by atoms with Crippen molar-refractivity contribution in [1.29, 1.82) is 0 Å². The van der Waals surface area contributed by atoms with Crippen molar-refractivity contribution in [3.8, 4) is 0 Å². The molecule has 11 heavy (non-hydrogen) atoms. The van der Waals surface area contributed by atoms with Gasteiger partial charge in [0, 0.05) is 24.5 Å². The maximum Gasteiger partial charge on any atom is 0.404 e. The quantitative estimate of drug-likeness (QED) is 0.527. The van der Waals surface area contributed by atoms with Crippen molar-refractivity contribution in [2.45, 2.75) is 18.9 Å². The molecule has 1 saturated carbocycles. The topological polar surface area (TPSA) is 61.4 Å². The molecule has 2 saturated heterocycles. The predicted octanol–water partition coefficient (Wildman–Crippen LogP) is 0.00600. The molecule has 0 unspecified atom stereocenters. The van der Waals surface area contributed by atoms with E-state index in [0.717, 1.165) is 19.4 Å². The summed E-state index contributed by atoms with van der Waals surface area (Å²) < 4.78 is 0. The number of fused-ring (bicyclic) bond motifs is 1. The van der Waals surface area contributed by atoms with E-state index in [1.54, 1.807) is 0 Å². The molecule has 0 radical (unpaired) electrons. The van der Waals surface area contributed by atoms with Crippen LogP contribution in [-0.4, -0.2) is 30.3 Å². The number of rotatable bonds is 2. The highest BCUT2D eigenvalue weighted by molar-refractivity contribution is 5.64. The average Bonchev–Trinajstić information content (AvgIpc) is 2.38. The van der Waals surface area contributed by atoms with Gasteiger partial charge >= 0.3 is 6.09 Å². The van der Waals surface area contributed by atoms with Crippen LogP contribution >= 0.6 is 0 Å². The molecule has 2 bridgehead atoms. The van der Waals surface area contributed by atoms with Crippen LogP contribution in [0.1, 0.15) is 12.8 Å². The van der Waals surface area contributed by atoms with Crippen molar-refractivity contribution >= 4 is 6.09 Å². The first-order valence-corrected chi connectivity index (χ1v) is 3.90. The van der Waals surface area contributed by atoms with Gasteiger partial charge in [-0.05, 0) is 12.8 Å². The molecule has 3 fully saturated rings. The van der Waals surface area contributed by atoms with Crippen molar-refractivity contribution in [3.63, 3.8) is 0 Å². The summed E-state index contributed by atoms with van der Waals surface area (Å²) in [6.45, 7) is 1.60. The summed E-state index contributed by atoms with van der Waals surface area (Å²) in [5, 5.41) is 14.1. The van der Waals surface area contributed by atoms with Gasteiger partial charge < -0.3 is 15.7 Å². The minimum absolute atomic E-state index is 0.267. The molecule has 62 valence electrons. The van der Waals surface area contributed by atoms with Gasteiger partial charge in [0.25, 0.3) is 0 Å². The number of hydrogen-bond acceptors (Lipinski definition) is 2. The Morgan fingerprint density at radius 1 is 1.73 bits per heavy atom. The van der Waals surface area contributed by atoms with Gasteiger partial charge in [-0.15, -0.1) is 0 Å². The summed E-state index contributed by atoms with van der Waals surface area (Å²) in [5.74, 6) is 0. The summed E-state index contributed by atoms with van der Waals surface area (Å²) in [6, 6.07) is 0.672.